The zero-order chi connectivity index (χ0) is 13.5. The first kappa shape index (κ1) is 13.4. The Morgan fingerprint density at radius 3 is 2.53 bits per heavy atom. The SMILES string of the molecule is C=C(C)C(=O)CC1(C2CC3CCC2O3)CCCCC1. The summed E-state index contributed by atoms with van der Waals surface area (Å²) in [7, 11) is 0. The van der Waals surface area contributed by atoms with Crippen molar-refractivity contribution in [3.63, 3.8) is 0 Å². The average molecular weight is 262 g/mol. The lowest BCUT2D eigenvalue weighted by Gasteiger charge is -2.44. The molecule has 2 saturated heterocycles. The summed E-state index contributed by atoms with van der Waals surface area (Å²) in [6.07, 6.45) is 11.7. The van der Waals surface area contributed by atoms with Crippen molar-refractivity contribution in [2.24, 2.45) is 11.3 Å². The number of fused-ring (bicyclic) bond motifs is 2. The van der Waals surface area contributed by atoms with Crippen molar-refractivity contribution in [1.82, 2.24) is 0 Å². The zero-order valence-corrected chi connectivity index (χ0v) is 12.1. The van der Waals surface area contributed by atoms with Crippen molar-refractivity contribution in [2.75, 3.05) is 0 Å². The first-order valence-electron chi connectivity index (χ1n) is 7.95. The molecule has 1 saturated carbocycles. The topological polar surface area (TPSA) is 26.3 Å². The van der Waals surface area contributed by atoms with E-state index in [2.05, 4.69) is 6.58 Å². The summed E-state index contributed by atoms with van der Waals surface area (Å²) < 4.78 is 6.07. The molecule has 2 nitrogen and oxygen atoms in total. The third kappa shape index (κ3) is 2.40. The molecule has 3 fully saturated rings. The Morgan fingerprint density at radius 2 is 2.00 bits per heavy atom. The lowest BCUT2D eigenvalue weighted by atomic mass is 9.59. The highest BCUT2D eigenvalue weighted by atomic mass is 16.5. The van der Waals surface area contributed by atoms with Crippen LogP contribution in [0.25, 0.3) is 0 Å². The Bertz CT molecular complexity index is 379. The molecule has 2 bridgehead atoms. The summed E-state index contributed by atoms with van der Waals surface area (Å²) in [6, 6.07) is 0. The third-order valence-electron chi connectivity index (χ3n) is 5.73. The number of ketones is 1. The van der Waals surface area contributed by atoms with Crippen molar-refractivity contribution in [3.05, 3.63) is 12.2 Å². The maximum absolute atomic E-state index is 12.2. The minimum absolute atomic E-state index is 0.230. The van der Waals surface area contributed by atoms with Gasteiger partial charge in [0.15, 0.2) is 5.78 Å². The smallest absolute Gasteiger partial charge is 0.158 e. The summed E-state index contributed by atoms with van der Waals surface area (Å²) in [4.78, 5) is 12.2. The molecule has 2 heterocycles. The standard InChI is InChI=1S/C17H26O2/c1-12(2)15(18)11-17(8-4-3-5-9-17)14-10-13-6-7-16(14)19-13/h13-14,16H,1,3-11H2,2H3. The highest BCUT2D eigenvalue weighted by Crippen LogP contribution is 2.55. The first-order valence-corrected chi connectivity index (χ1v) is 7.95. The quantitative estimate of drug-likeness (QED) is 0.715. The maximum atomic E-state index is 12.2. The molecule has 0 amide bonds. The number of carbonyl (C=O) groups excluding carboxylic acids is 1. The van der Waals surface area contributed by atoms with Crippen LogP contribution in [0.3, 0.4) is 0 Å². The van der Waals surface area contributed by atoms with Crippen LogP contribution in [0.5, 0.6) is 0 Å². The number of hydrogen-bond donors (Lipinski definition) is 0. The van der Waals surface area contributed by atoms with E-state index in [0.717, 1.165) is 12.0 Å². The molecule has 0 radical (unpaired) electrons. The number of allylic oxidation sites excluding steroid dienone is 1. The van der Waals surface area contributed by atoms with Gasteiger partial charge in [-0.2, -0.15) is 0 Å². The molecule has 3 aliphatic rings. The van der Waals surface area contributed by atoms with Gasteiger partial charge in [0.1, 0.15) is 0 Å². The maximum Gasteiger partial charge on any atom is 0.158 e. The van der Waals surface area contributed by atoms with Gasteiger partial charge in [0.05, 0.1) is 12.2 Å². The normalized spacial score (nSPS) is 36.4. The second-order valence-corrected chi connectivity index (χ2v) is 7.02. The third-order valence-corrected chi connectivity index (χ3v) is 5.73. The van der Waals surface area contributed by atoms with Crippen LogP contribution in [0.15, 0.2) is 12.2 Å². The molecule has 1 aliphatic carbocycles. The van der Waals surface area contributed by atoms with E-state index in [0.29, 0.717) is 18.1 Å². The Hall–Kier alpha value is -0.630. The fraction of sp³-hybridized carbons (Fsp3) is 0.824. The van der Waals surface area contributed by atoms with E-state index in [1.165, 1.54) is 51.4 Å². The predicted octanol–water partition coefficient (Wildman–Crippen LogP) is 4.04. The minimum atomic E-state index is 0.230. The van der Waals surface area contributed by atoms with Gasteiger partial charge in [-0.1, -0.05) is 25.8 Å². The van der Waals surface area contributed by atoms with E-state index in [1.807, 2.05) is 6.92 Å². The lowest BCUT2D eigenvalue weighted by Crippen LogP contribution is -2.40. The van der Waals surface area contributed by atoms with Crippen LogP contribution < -0.4 is 0 Å². The molecule has 2 heteroatoms. The van der Waals surface area contributed by atoms with Crippen molar-refractivity contribution in [3.8, 4) is 0 Å². The van der Waals surface area contributed by atoms with Crippen LogP contribution in [0.4, 0.5) is 0 Å². The lowest BCUT2D eigenvalue weighted by molar-refractivity contribution is -0.120. The van der Waals surface area contributed by atoms with Gasteiger partial charge in [0.25, 0.3) is 0 Å². The Kier molecular flexibility index (Phi) is 3.55. The molecule has 0 aromatic rings. The fourth-order valence-electron chi connectivity index (χ4n) is 4.69. The zero-order valence-electron chi connectivity index (χ0n) is 12.1. The van der Waals surface area contributed by atoms with Crippen LogP contribution in [-0.2, 0) is 9.53 Å². The van der Waals surface area contributed by atoms with E-state index in [9.17, 15) is 4.79 Å². The number of ether oxygens (including phenoxy) is 1. The Morgan fingerprint density at radius 1 is 1.26 bits per heavy atom. The predicted molar refractivity (Wildman–Crippen MR) is 76.0 cm³/mol. The molecule has 0 aromatic heterocycles. The summed E-state index contributed by atoms with van der Waals surface area (Å²) in [5, 5.41) is 0. The van der Waals surface area contributed by atoms with Gasteiger partial charge in [-0.15, -0.1) is 0 Å². The van der Waals surface area contributed by atoms with Crippen LogP contribution in [0, 0.1) is 11.3 Å². The number of hydrogen-bond acceptors (Lipinski definition) is 2. The van der Waals surface area contributed by atoms with Gasteiger partial charge in [-0.3, -0.25) is 4.79 Å². The summed E-state index contributed by atoms with van der Waals surface area (Å²) in [5.74, 6) is 0.916. The van der Waals surface area contributed by atoms with E-state index in [-0.39, 0.29) is 11.2 Å². The summed E-state index contributed by atoms with van der Waals surface area (Å²) >= 11 is 0. The van der Waals surface area contributed by atoms with Crippen molar-refractivity contribution in [2.45, 2.75) is 76.9 Å². The molecular formula is C17H26O2. The molecule has 19 heavy (non-hydrogen) atoms. The highest BCUT2D eigenvalue weighted by molar-refractivity contribution is 5.94. The molecule has 2 aliphatic heterocycles. The molecule has 3 unspecified atom stereocenters. The molecule has 3 rings (SSSR count). The molecular weight excluding hydrogens is 236 g/mol. The molecule has 0 N–H and O–H groups in total. The van der Waals surface area contributed by atoms with Crippen molar-refractivity contribution >= 4 is 5.78 Å². The van der Waals surface area contributed by atoms with Crippen LogP contribution >= 0.6 is 0 Å². The fourth-order valence-corrected chi connectivity index (χ4v) is 4.69. The number of carbonyl (C=O) groups is 1. The van der Waals surface area contributed by atoms with Crippen LogP contribution in [-0.4, -0.2) is 18.0 Å². The van der Waals surface area contributed by atoms with E-state index in [1.54, 1.807) is 0 Å². The van der Waals surface area contributed by atoms with Gasteiger partial charge < -0.3 is 4.74 Å². The van der Waals surface area contributed by atoms with E-state index >= 15 is 0 Å². The summed E-state index contributed by atoms with van der Waals surface area (Å²) in [6.45, 7) is 5.70. The van der Waals surface area contributed by atoms with Gasteiger partial charge >= 0.3 is 0 Å². The Labute approximate surface area is 116 Å². The van der Waals surface area contributed by atoms with Crippen LogP contribution in [0.1, 0.15) is 64.7 Å². The second kappa shape index (κ2) is 5.05. The molecule has 106 valence electrons. The summed E-state index contributed by atoms with van der Waals surface area (Å²) in [5.41, 5.74) is 0.961. The largest absolute Gasteiger partial charge is 0.375 e. The molecule has 0 spiro atoms. The van der Waals surface area contributed by atoms with Gasteiger partial charge in [-0.25, -0.2) is 0 Å². The Balaban J connectivity index is 1.80. The molecule has 0 aromatic carbocycles. The van der Waals surface area contributed by atoms with Gasteiger partial charge in [0, 0.05) is 6.42 Å². The van der Waals surface area contributed by atoms with Crippen LogP contribution in [0.2, 0.25) is 0 Å². The van der Waals surface area contributed by atoms with Crippen molar-refractivity contribution in [1.29, 1.82) is 0 Å². The van der Waals surface area contributed by atoms with E-state index in [4.69, 9.17) is 4.74 Å². The number of Topliss-reactive ketones (excluding diaryl/α,β-unsaturated/α-hetero) is 1. The van der Waals surface area contributed by atoms with Gasteiger partial charge in [0.2, 0.25) is 0 Å². The number of rotatable bonds is 4. The molecule has 3 atom stereocenters. The van der Waals surface area contributed by atoms with E-state index < -0.39 is 0 Å². The minimum Gasteiger partial charge on any atom is -0.375 e. The monoisotopic (exact) mass is 262 g/mol. The second-order valence-electron chi connectivity index (χ2n) is 7.02. The van der Waals surface area contributed by atoms with Gasteiger partial charge in [-0.05, 0) is 55.9 Å². The highest BCUT2D eigenvalue weighted by Gasteiger charge is 2.52. The average Bonchev–Trinajstić information content (AvgIpc) is 3.02. The van der Waals surface area contributed by atoms with Crippen molar-refractivity contribution < 1.29 is 9.53 Å². The first-order chi connectivity index (χ1) is 9.11.